The fourth-order valence-electron chi connectivity index (χ4n) is 2.31. The van der Waals surface area contributed by atoms with Crippen LogP contribution in [0.3, 0.4) is 0 Å². The zero-order chi connectivity index (χ0) is 14.2. The summed E-state index contributed by atoms with van der Waals surface area (Å²) in [5.41, 5.74) is 0.335. The molecule has 3 nitrogen and oxygen atoms in total. The molecule has 2 N–H and O–H groups in total. The summed E-state index contributed by atoms with van der Waals surface area (Å²) in [6.45, 7) is 15.0. The van der Waals surface area contributed by atoms with E-state index >= 15 is 0 Å². The summed E-state index contributed by atoms with van der Waals surface area (Å²) in [5.74, 6) is 0. The highest BCUT2D eigenvalue weighted by Gasteiger charge is 2.25. The number of halogens is 1. The molecule has 0 aliphatic heterocycles. The highest BCUT2D eigenvalue weighted by atomic mass is 35.5. The lowest BCUT2D eigenvalue weighted by Gasteiger charge is -2.34. The minimum atomic E-state index is -0.416. The van der Waals surface area contributed by atoms with Gasteiger partial charge < -0.3 is 15.2 Å². The van der Waals surface area contributed by atoms with Gasteiger partial charge in [-0.3, -0.25) is 0 Å². The molecular formula is C15H34ClNO2. The van der Waals surface area contributed by atoms with Crippen molar-refractivity contribution in [2.24, 2.45) is 5.41 Å². The maximum atomic E-state index is 9.82. The van der Waals surface area contributed by atoms with Crippen molar-refractivity contribution in [2.75, 3.05) is 19.8 Å². The predicted molar refractivity (Wildman–Crippen MR) is 85.1 cm³/mol. The molecule has 0 heterocycles. The fraction of sp³-hybridized carbons (Fsp3) is 1.00. The van der Waals surface area contributed by atoms with Crippen molar-refractivity contribution in [3.8, 4) is 0 Å². The molecule has 0 aliphatic rings. The lowest BCUT2D eigenvalue weighted by molar-refractivity contribution is 0.0311. The second-order valence-electron chi connectivity index (χ2n) is 7.08. The summed E-state index contributed by atoms with van der Waals surface area (Å²) in [4.78, 5) is 0. The van der Waals surface area contributed by atoms with E-state index in [1.807, 2.05) is 0 Å². The van der Waals surface area contributed by atoms with Crippen LogP contribution in [0.4, 0.5) is 0 Å². The van der Waals surface area contributed by atoms with Crippen LogP contribution in [-0.2, 0) is 4.74 Å². The Morgan fingerprint density at radius 3 is 2.21 bits per heavy atom. The van der Waals surface area contributed by atoms with Gasteiger partial charge in [0.25, 0.3) is 0 Å². The Bertz CT molecular complexity index is 215. The number of unbranched alkanes of at least 4 members (excludes halogenated alkanes) is 1. The van der Waals surface area contributed by atoms with E-state index in [-0.39, 0.29) is 17.9 Å². The van der Waals surface area contributed by atoms with Gasteiger partial charge in [0, 0.05) is 18.7 Å². The topological polar surface area (TPSA) is 41.5 Å². The van der Waals surface area contributed by atoms with E-state index in [1.165, 1.54) is 0 Å². The minimum absolute atomic E-state index is 0. The van der Waals surface area contributed by atoms with Crippen LogP contribution >= 0.6 is 12.4 Å². The van der Waals surface area contributed by atoms with Crippen molar-refractivity contribution in [1.29, 1.82) is 0 Å². The molecule has 0 spiro atoms. The van der Waals surface area contributed by atoms with Crippen molar-refractivity contribution in [3.63, 3.8) is 0 Å². The standard InChI is InChI=1S/C15H33NO2.ClH/c1-7-8-9-18-11-13(17)10-16-15(5,6)12-14(2,3)4;/h13,16-17H,7-12H2,1-6H3;1H. The van der Waals surface area contributed by atoms with Crippen LogP contribution in [0.25, 0.3) is 0 Å². The number of hydrogen-bond donors (Lipinski definition) is 2. The third-order valence-corrected chi connectivity index (χ3v) is 2.74. The first-order valence-electron chi connectivity index (χ1n) is 7.17. The molecule has 0 aromatic carbocycles. The molecular weight excluding hydrogens is 262 g/mol. The second-order valence-corrected chi connectivity index (χ2v) is 7.08. The lowest BCUT2D eigenvalue weighted by atomic mass is 9.82. The van der Waals surface area contributed by atoms with Crippen LogP contribution < -0.4 is 5.32 Å². The zero-order valence-corrected chi connectivity index (χ0v) is 14.4. The SMILES string of the molecule is CCCCOCC(O)CNC(C)(C)CC(C)(C)C.Cl. The van der Waals surface area contributed by atoms with E-state index in [0.29, 0.717) is 18.6 Å². The molecule has 1 unspecified atom stereocenters. The number of nitrogens with one attached hydrogen (secondary N) is 1. The van der Waals surface area contributed by atoms with Gasteiger partial charge in [0.1, 0.15) is 0 Å². The number of β-amino-alcohol motifs (C(OH)–C–C–N with tert-alkyl or cyclic N) is 1. The molecule has 0 rings (SSSR count). The summed E-state index contributed by atoms with van der Waals surface area (Å²) in [6, 6.07) is 0. The molecule has 0 aromatic heterocycles. The van der Waals surface area contributed by atoms with Crippen LogP contribution in [0, 0.1) is 5.41 Å². The summed E-state index contributed by atoms with van der Waals surface area (Å²) in [6.07, 6.45) is 2.85. The molecule has 0 fully saturated rings. The third kappa shape index (κ3) is 14.4. The predicted octanol–water partition coefficient (Wildman–Crippen LogP) is 3.39. The van der Waals surface area contributed by atoms with Gasteiger partial charge in [-0.15, -0.1) is 12.4 Å². The van der Waals surface area contributed by atoms with Gasteiger partial charge in [-0.1, -0.05) is 34.1 Å². The summed E-state index contributed by atoms with van der Waals surface area (Å²) in [7, 11) is 0. The van der Waals surface area contributed by atoms with Crippen LogP contribution in [0.5, 0.6) is 0 Å². The molecule has 0 radical (unpaired) electrons. The zero-order valence-electron chi connectivity index (χ0n) is 13.6. The third-order valence-electron chi connectivity index (χ3n) is 2.74. The Kier molecular flexibility index (Phi) is 11.3. The largest absolute Gasteiger partial charge is 0.389 e. The minimum Gasteiger partial charge on any atom is -0.389 e. The van der Waals surface area contributed by atoms with Crippen molar-refractivity contribution in [2.45, 2.75) is 72.4 Å². The van der Waals surface area contributed by atoms with Gasteiger partial charge >= 0.3 is 0 Å². The van der Waals surface area contributed by atoms with Crippen molar-refractivity contribution >= 4 is 12.4 Å². The van der Waals surface area contributed by atoms with Gasteiger partial charge in [-0.25, -0.2) is 0 Å². The van der Waals surface area contributed by atoms with E-state index < -0.39 is 6.10 Å². The summed E-state index contributed by atoms with van der Waals surface area (Å²) >= 11 is 0. The number of aliphatic hydroxyl groups excluding tert-OH is 1. The number of aliphatic hydroxyl groups is 1. The van der Waals surface area contributed by atoms with E-state index in [4.69, 9.17) is 4.74 Å². The molecule has 0 amide bonds. The fourth-order valence-corrected chi connectivity index (χ4v) is 2.31. The second kappa shape index (κ2) is 9.98. The van der Waals surface area contributed by atoms with Gasteiger partial charge in [0.15, 0.2) is 0 Å². The highest BCUT2D eigenvalue weighted by Crippen LogP contribution is 2.26. The normalized spacial score (nSPS) is 14.1. The number of ether oxygens (including phenoxy) is 1. The van der Waals surface area contributed by atoms with Crippen molar-refractivity contribution in [1.82, 2.24) is 5.32 Å². The van der Waals surface area contributed by atoms with Gasteiger partial charge in [0.2, 0.25) is 0 Å². The van der Waals surface area contributed by atoms with Crippen LogP contribution in [0.15, 0.2) is 0 Å². The Labute approximate surface area is 125 Å². The molecule has 0 bridgehead atoms. The number of rotatable bonds is 9. The Balaban J connectivity index is 0. The molecule has 0 saturated heterocycles. The first-order valence-corrected chi connectivity index (χ1v) is 7.17. The summed E-state index contributed by atoms with van der Waals surface area (Å²) in [5, 5.41) is 13.2. The monoisotopic (exact) mass is 295 g/mol. The van der Waals surface area contributed by atoms with Gasteiger partial charge in [0.05, 0.1) is 12.7 Å². The molecule has 19 heavy (non-hydrogen) atoms. The van der Waals surface area contributed by atoms with Crippen molar-refractivity contribution in [3.05, 3.63) is 0 Å². The van der Waals surface area contributed by atoms with Crippen LogP contribution in [0.1, 0.15) is 60.8 Å². The van der Waals surface area contributed by atoms with Gasteiger partial charge in [-0.2, -0.15) is 0 Å². The first-order chi connectivity index (χ1) is 8.16. The van der Waals surface area contributed by atoms with Crippen LogP contribution in [0.2, 0.25) is 0 Å². The maximum Gasteiger partial charge on any atom is 0.0897 e. The molecule has 0 saturated carbocycles. The average molecular weight is 296 g/mol. The number of hydrogen-bond acceptors (Lipinski definition) is 3. The Morgan fingerprint density at radius 2 is 1.74 bits per heavy atom. The van der Waals surface area contributed by atoms with E-state index in [1.54, 1.807) is 0 Å². The maximum absolute atomic E-state index is 9.82. The molecule has 0 aliphatic carbocycles. The average Bonchev–Trinajstić information content (AvgIpc) is 2.18. The van der Waals surface area contributed by atoms with Gasteiger partial charge in [-0.05, 0) is 32.1 Å². The Morgan fingerprint density at radius 1 is 1.16 bits per heavy atom. The molecule has 1 atom stereocenters. The summed E-state index contributed by atoms with van der Waals surface area (Å²) < 4.78 is 5.41. The molecule has 4 heteroatoms. The highest BCUT2D eigenvalue weighted by molar-refractivity contribution is 5.85. The first kappa shape index (κ1) is 21.5. The quantitative estimate of drug-likeness (QED) is 0.641. The van der Waals surface area contributed by atoms with Crippen LogP contribution in [-0.4, -0.2) is 36.5 Å². The molecule has 0 aromatic rings. The van der Waals surface area contributed by atoms with E-state index in [9.17, 15) is 5.11 Å². The van der Waals surface area contributed by atoms with E-state index in [2.05, 4.69) is 46.9 Å². The lowest BCUT2D eigenvalue weighted by Crippen LogP contribution is -2.46. The van der Waals surface area contributed by atoms with E-state index in [0.717, 1.165) is 25.9 Å². The Hall–Kier alpha value is 0.170. The van der Waals surface area contributed by atoms with Crippen molar-refractivity contribution < 1.29 is 9.84 Å². The smallest absolute Gasteiger partial charge is 0.0897 e. The molecule has 118 valence electrons.